The fraction of sp³-hybridized carbons (Fsp3) is 0.294. The lowest BCUT2D eigenvalue weighted by Crippen LogP contribution is -2.17. The van der Waals surface area contributed by atoms with Crippen molar-refractivity contribution in [3.63, 3.8) is 0 Å². The first-order valence-corrected chi connectivity index (χ1v) is 8.20. The Morgan fingerprint density at radius 2 is 1.86 bits per heavy atom. The lowest BCUT2D eigenvalue weighted by Gasteiger charge is -2.21. The Labute approximate surface area is 155 Å². The van der Waals surface area contributed by atoms with Gasteiger partial charge < -0.3 is 14.9 Å². The fourth-order valence-electron chi connectivity index (χ4n) is 3.17. The fourth-order valence-corrected chi connectivity index (χ4v) is 3.17. The average molecular weight is 395 g/mol. The molecular formula is C17H13F4N5O2. The molecule has 0 atom stereocenters. The maximum Gasteiger partial charge on any atom is 0.387 e. The van der Waals surface area contributed by atoms with Crippen LogP contribution in [0, 0.1) is 0 Å². The number of hydrogen-bond donors (Lipinski definition) is 1. The Morgan fingerprint density at radius 1 is 1.11 bits per heavy atom. The smallest absolute Gasteiger partial charge is 0.387 e. The molecule has 28 heavy (non-hydrogen) atoms. The van der Waals surface area contributed by atoms with Gasteiger partial charge in [-0.15, -0.1) is 10.2 Å². The van der Waals surface area contributed by atoms with Crippen LogP contribution in [0.2, 0.25) is 0 Å². The number of alkyl halides is 4. The summed E-state index contributed by atoms with van der Waals surface area (Å²) < 4.78 is 60.9. The van der Waals surface area contributed by atoms with Crippen molar-refractivity contribution in [2.75, 3.05) is 5.73 Å². The van der Waals surface area contributed by atoms with Gasteiger partial charge in [0.15, 0.2) is 0 Å². The standard InChI is InChI=1S/C17H13F4N5O2/c18-12(19)14-26-25-13(28-14)8-7-23-16(22)24-11(8)17(5-6-17)9-3-1-2-4-10(9)27-15(20)21/h1-4,7,12,15H,5-6H2,(H2,22,23,24). The van der Waals surface area contributed by atoms with Gasteiger partial charge in [0.25, 0.3) is 11.8 Å². The third-order valence-corrected chi connectivity index (χ3v) is 4.49. The van der Waals surface area contributed by atoms with E-state index in [2.05, 4.69) is 24.9 Å². The van der Waals surface area contributed by atoms with Gasteiger partial charge in [0.05, 0.1) is 11.3 Å². The van der Waals surface area contributed by atoms with Gasteiger partial charge in [-0.05, 0) is 18.9 Å². The highest BCUT2D eigenvalue weighted by molar-refractivity contribution is 5.64. The molecule has 1 fully saturated rings. The Hall–Kier alpha value is -3.24. The molecule has 0 aliphatic heterocycles. The zero-order valence-electron chi connectivity index (χ0n) is 14.2. The molecule has 2 heterocycles. The highest BCUT2D eigenvalue weighted by Crippen LogP contribution is 2.57. The molecule has 1 aliphatic carbocycles. The van der Waals surface area contributed by atoms with Crippen LogP contribution >= 0.6 is 0 Å². The number of nitrogen functional groups attached to an aromatic ring is 1. The van der Waals surface area contributed by atoms with Crippen LogP contribution in [0.15, 0.2) is 34.9 Å². The molecule has 11 heteroatoms. The minimum Gasteiger partial charge on any atom is -0.435 e. The number of hydrogen-bond acceptors (Lipinski definition) is 7. The van der Waals surface area contributed by atoms with Gasteiger partial charge in [-0.1, -0.05) is 18.2 Å². The topological polar surface area (TPSA) is 100.0 Å². The minimum absolute atomic E-state index is 0.00284. The van der Waals surface area contributed by atoms with Crippen molar-refractivity contribution in [3.05, 3.63) is 47.6 Å². The Kier molecular flexibility index (Phi) is 4.36. The highest BCUT2D eigenvalue weighted by Gasteiger charge is 2.51. The molecule has 2 N–H and O–H groups in total. The van der Waals surface area contributed by atoms with E-state index in [4.69, 9.17) is 10.2 Å². The number of anilines is 1. The summed E-state index contributed by atoms with van der Waals surface area (Å²) in [6.45, 7) is -3.00. The normalized spacial score (nSPS) is 15.2. The quantitative estimate of drug-likeness (QED) is 0.635. The second kappa shape index (κ2) is 6.73. The first-order chi connectivity index (χ1) is 13.4. The molecular weight excluding hydrogens is 382 g/mol. The summed E-state index contributed by atoms with van der Waals surface area (Å²) in [5.74, 6) is -1.12. The Bertz CT molecular complexity index is 1010. The average Bonchev–Trinajstić information content (AvgIpc) is 3.30. The van der Waals surface area contributed by atoms with Gasteiger partial charge in [-0.3, -0.25) is 0 Å². The van der Waals surface area contributed by atoms with Crippen molar-refractivity contribution >= 4 is 5.95 Å². The molecule has 0 bridgehead atoms. The molecule has 1 aliphatic rings. The van der Waals surface area contributed by atoms with E-state index < -0.39 is 24.3 Å². The van der Waals surface area contributed by atoms with E-state index in [-0.39, 0.29) is 23.2 Å². The van der Waals surface area contributed by atoms with Crippen molar-refractivity contribution in [2.45, 2.75) is 31.3 Å². The summed E-state index contributed by atoms with van der Waals surface area (Å²) in [5, 5.41) is 6.95. The molecule has 1 aromatic carbocycles. The van der Waals surface area contributed by atoms with Gasteiger partial charge in [0.1, 0.15) is 5.75 Å². The van der Waals surface area contributed by atoms with Crippen molar-refractivity contribution in [1.29, 1.82) is 0 Å². The summed E-state index contributed by atoms with van der Waals surface area (Å²) in [7, 11) is 0. The van der Waals surface area contributed by atoms with Crippen molar-refractivity contribution in [1.82, 2.24) is 20.2 Å². The third-order valence-electron chi connectivity index (χ3n) is 4.49. The summed E-state index contributed by atoms with van der Waals surface area (Å²) in [4.78, 5) is 8.12. The SMILES string of the molecule is Nc1ncc(-c2nnc(C(F)F)o2)c(C2(c3ccccc3OC(F)F)CC2)n1. The number of ether oxygens (including phenoxy) is 1. The highest BCUT2D eigenvalue weighted by atomic mass is 19.3. The van der Waals surface area contributed by atoms with Crippen LogP contribution in [0.3, 0.4) is 0 Å². The van der Waals surface area contributed by atoms with Crippen LogP contribution in [0.4, 0.5) is 23.5 Å². The van der Waals surface area contributed by atoms with Crippen LogP contribution < -0.4 is 10.5 Å². The van der Waals surface area contributed by atoms with E-state index in [0.717, 1.165) is 0 Å². The molecule has 146 valence electrons. The number of nitrogens with zero attached hydrogens (tertiary/aromatic N) is 4. The van der Waals surface area contributed by atoms with Gasteiger partial charge in [0, 0.05) is 17.2 Å². The molecule has 0 radical (unpaired) electrons. The van der Waals surface area contributed by atoms with Crippen LogP contribution in [0.25, 0.3) is 11.5 Å². The van der Waals surface area contributed by atoms with Crippen molar-refractivity contribution < 1.29 is 26.7 Å². The van der Waals surface area contributed by atoms with Crippen molar-refractivity contribution in [3.8, 4) is 17.2 Å². The maximum absolute atomic E-state index is 12.8. The van der Waals surface area contributed by atoms with Gasteiger partial charge in [-0.25, -0.2) is 9.97 Å². The molecule has 3 aromatic rings. The first-order valence-electron chi connectivity index (χ1n) is 8.20. The second-order valence-electron chi connectivity index (χ2n) is 6.19. The van der Waals surface area contributed by atoms with E-state index in [9.17, 15) is 17.6 Å². The zero-order chi connectivity index (χ0) is 19.9. The second-order valence-corrected chi connectivity index (χ2v) is 6.19. The Balaban J connectivity index is 1.84. The van der Waals surface area contributed by atoms with Gasteiger partial charge in [-0.2, -0.15) is 17.6 Å². The summed E-state index contributed by atoms with van der Waals surface area (Å²) in [5.41, 5.74) is 5.92. The van der Waals surface area contributed by atoms with E-state index >= 15 is 0 Å². The molecule has 0 unspecified atom stereocenters. The van der Waals surface area contributed by atoms with Gasteiger partial charge in [0.2, 0.25) is 5.95 Å². The monoisotopic (exact) mass is 395 g/mol. The zero-order valence-corrected chi connectivity index (χ0v) is 14.2. The maximum atomic E-state index is 12.8. The number of para-hydroxylation sites is 1. The summed E-state index contributed by atoms with van der Waals surface area (Å²) in [6, 6.07) is 6.32. The van der Waals surface area contributed by atoms with E-state index in [1.807, 2.05) is 0 Å². The molecule has 7 nitrogen and oxygen atoms in total. The number of nitrogens with two attached hydrogens (primary N) is 1. The Morgan fingerprint density at radius 3 is 2.50 bits per heavy atom. The van der Waals surface area contributed by atoms with Crippen LogP contribution in [-0.2, 0) is 5.41 Å². The van der Waals surface area contributed by atoms with E-state index in [1.54, 1.807) is 18.2 Å². The molecule has 0 amide bonds. The third kappa shape index (κ3) is 3.12. The lowest BCUT2D eigenvalue weighted by molar-refractivity contribution is -0.0506. The van der Waals surface area contributed by atoms with Gasteiger partial charge >= 0.3 is 13.0 Å². The van der Waals surface area contributed by atoms with Crippen molar-refractivity contribution in [2.24, 2.45) is 0 Å². The molecule has 0 saturated heterocycles. The number of rotatable bonds is 6. The molecule has 1 saturated carbocycles. The first kappa shape index (κ1) is 18.1. The largest absolute Gasteiger partial charge is 0.435 e. The summed E-state index contributed by atoms with van der Waals surface area (Å²) in [6.07, 6.45) is -0.544. The lowest BCUT2D eigenvalue weighted by atomic mass is 9.88. The van der Waals surface area contributed by atoms with Crippen LogP contribution in [-0.4, -0.2) is 26.8 Å². The van der Waals surface area contributed by atoms with Crippen LogP contribution in [0.1, 0.15) is 36.4 Å². The van der Waals surface area contributed by atoms with E-state index in [0.29, 0.717) is 24.1 Å². The number of aromatic nitrogens is 4. The number of halogens is 4. The van der Waals surface area contributed by atoms with Crippen LogP contribution in [0.5, 0.6) is 5.75 Å². The molecule has 4 rings (SSSR count). The minimum atomic E-state index is -3.00. The molecule has 0 spiro atoms. The predicted molar refractivity (Wildman–Crippen MR) is 87.8 cm³/mol. The van der Waals surface area contributed by atoms with E-state index in [1.165, 1.54) is 12.3 Å². The summed E-state index contributed by atoms with van der Waals surface area (Å²) >= 11 is 0. The number of benzene rings is 1. The predicted octanol–water partition coefficient (Wildman–Crippen LogP) is 3.73. The molecule has 2 aromatic heterocycles.